The zero-order chi connectivity index (χ0) is 15.1. The molecular formula is C15H10ClFN4S. The Labute approximate surface area is 134 Å². The van der Waals surface area contributed by atoms with Gasteiger partial charge in [-0.2, -0.15) is 5.10 Å². The van der Waals surface area contributed by atoms with E-state index in [1.165, 1.54) is 10.9 Å². The molecule has 4 aromatic rings. The van der Waals surface area contributed by atoms with E-state index < -0.39 is 5.82 Å². The molecule has 1 aromatic carbocycles. The third-order valence-corrected chi connectivity index (χ3v) is 4.54. The van der Waals surface area contributed by atoms with Gasteiger partial charge in [0.15, 0.2) is 5.65 Å². The van der Waals surface area contributed by atoms with E-state index in [4.69, 9.17) is 11.6 Å². The van der Waals surface area contributed by atoms with Crippen LogP contribution in [-0.4, -0.2) is 19.7 Å². The fourth-order valence-electron chi connectivity index (χ4n) is 2.35. The van der Waals surface area contributed by atoms with Gasteiger partial charge in [-0.3, -0.25) is 0 Å². The van der Waals surface area contributed by atoms with E-state index in [2.05, 4.69) is 15.1 Å². The van der Waals surface area contributed by atoms with Crippen molar-refractivity contribution in [1.82, 2.24) is 19.7 Å². The first-order chi connectivity index (χ1) is 10.7. The van der Waals surface area contributed by atoms with Gasteiger partial charge in [0.05, 0.1) is 23.3 Å². The lowest BCUT2D eigenvalue weighted by Gasteiger charge is -2.02. The molecule has 7 heteroatoms. The minimum Gasteiger partial charge on any atom is -0.335 e. The highest BCUT2D eigenvalue weighted by Gasteiger charge is 2.16. The van der Waals surface area contributed by atoms with Crippen molar-refractivity contribution in [3.05, 3.63) is 57.6 Å². The Kier molecular flexibility index (Phi) is 3.20. The summed E-state index contributed by atoms with van der Waals surface area (Å²) in [6.07, 6.45) is 1.69. The van der Waals surface area contributed by atoms with Crippen LogP contribution in [-0.2, 0) is 6.54 Å². The molecule has 3 aromatic heterocycles. The van der Waals surface area contributed by atoms with Crippen molar-refractivity contribution in [2.45, 2.75) is 6.54 Å². The average molecular weight is 333 g/mol. The molecule has 4 nitrogen and oxygen atoms in total. The van der Waals surface area contributed by atoms with Crippen molar-refractivity contribution in [2.75, 3.05) is 0 Å². The second kappa shape index (κ2) is 5.23. The van der Waals surface area contributed by atoms with Crippen LogP contribution in [0.5, 0.6) is 0 Å². The number of rotatable bonds is 3. The number of thiophene rings is 1. The van der Waals surface area contributed by atoms with E-state index in [1.54, 1.807) is 34.3 Å². The number of hydrogen-bond donors (Lipinski definition) is 1. The number of fused-ring (bicyclic) bond motifs is 1. The summed E-state index contributed by atoms with van der Waals surface area (Å²) in [5.41, 5.74) is 1.72. The van der Waals surface area contributed by atoms with Gasteiger partial charge >= 0.3 is 0 Å². The van der Waals surface area contributed by atoms with Gasteiger partial charge in [0.2, 0.25) is 0 Å². The molecular weight excluding hydrogens is 323 g/mol. The maximum absolute atomic E-state index is 14.0. The van der Waals surface area contributed by atoms with Crippen molar-refractivity contribution >= 4 is 34.1 Å². The lowest BCUT2D eigenvalue weighted by Crippen LogP contribution is -2.00. The Morgan fingerprint density at radius 1 is 1.27 bits per heavy atom. The van der Waals surface area contributed by atoms with Crippen LogP contribution in [0.4, 0.5) is 4.39 Å². The maximum atomic E-state index is 14.0. The Hall–Kier alpha value is -2.18. The van der Waals surface area contributed by atoms with Crippen molar-refractivity contribution in [1.29, 1.82) is 0 Å². The molecule has 0 saturated carbocycles. The third-order valence-electron chi connectivity index (χ3n) is 3.37. The van der Waals surface area contributed by atoms with Crippen molar-refractivity contribution in [3.63, 3.8) is 0 Å². The normalized spacial score (nSPS) is 11.4. The molecule has 0 amide bonds. The summed E-state index contributed by atoms with van der Waals surface area (Å²) in [6.45, 7) is 0.635. The van der Waals surface area contributed by atoms with Crippen LogP contribution in [0, 0.1) is 5.82 Å². The van der Waals surface area contributed by atoms with E-state index in [-0.39, 0.29) is 5.56 Å². The van der Waals surface area contributed by atoms with Crippen LogP contribution in [0.25, 0.3) is 22.6 Å². The lowest BCUT2D eigenvalue weighted by molar-refractivity contribution is 0.630. The highest BCUT2D eigenvalue weighted by atomic mass is 35.5. The standard InChI is InChI=1S/C15H10ClFN4S/c16-10-4-1-5-11(17)13(10)14-19-12-7-18-21(15(12)20-14)8-9-3-2-6-22-9/h1-7H,8H2,(H,19,20). The summed E-state index contributed by atoms with van der Waals surface area (Å²) in [4.78, 5) is 8.73. The number of nitrogens with one attached hydrogen (secondary N) is 1. The van der Waals surface area contributed by atoms with E-state index in [0.717, 1.165) is 5.52 Å². The quantitative estimate of drug-likeness (QED) is 0.607. The zero-order valence-corrected chi connectivity index (χ0v) is 12.8. The second-order valence-corrected chi connectivity index (χ2v) is 6.24. The Morgan fingerprint density at radius 3 is 2.95 bits per heavy atom. The van der Waals surface area contributed by atoms with Crippen LogP contribution in [0.2, 0.25) is 5.02 Å². The van der Waals surface area contributed by atoms with E-state index in [0.29, 0.717) is 23.0 Å². The molecule has 0 spiro atoms. The van der Waals surface area contributed by atoms with E-state index >= 15 is 0 Å². The molecule has 0 aliphatic carbocycles. The zero-order valence-electron chi connectivity index (χ0n) is 11.3. The van der Waals surface area contributed by atoms with Crippen LogP contribution < -0.4 is 0 Å². The van der Waals surface area contributed by atoms with Crippen molar-refractivity contribution in [2.24, 2.45) is 0 Å². The maximum Gasteiger partial charge on any atom is 0.177 e. The first-order valence-corrected chi connectivity index (χ1v) is 7.86. The van der Waals surface area contributed by atoms with Gasteiger partial charge in [0.25, 0.3) is 0 Å². The van der Waals surface area contributed by atoms with Gasteiger partial charge in [-0.05, 0) is 23.6 Å². The molecule has 0 aliphatic heterocycles. The van der Waals surface area contributed by atoms with Crippen molar-refractivity contribution < 1.29 is 4.39 Å². The fraction of sp³-hybridized carbons (Fsp3) is 0.0667. The molecule has 0 fully saturated rings. The molecule has 0 bridgehead atoms. The molecule has 4 rings (SSSR count). The van der Waals surface area contributed by atoms with Gasteiger partial charge in [-0.25, -0.2) is 14.1 Å². The number of H-pyrrole nitrogens is 1. The average Bonchev–Trinajstić information content (AvgIpc) is 3.18. The number of aromatic nitrogens is 4. The Bertz CT molecular complexity index is 922. The van der Waals surface area contributed by atoms with E-state index in [9.17, 15) is 4.39 Å². The minimum absolute atomic E-state index is 0.281. The molecule has 0 radical (unpaired) electrons. The number of benzene rings is 1. The number of nitrogens with zero attached hydrogens (tertiary/aromatic N) is 3. The van der Waals surface area contributed by atoms with Gasteiger partial charge < -0.3 is 4.98 Å². The second-order valence-electron chi connectivity index (χ2n) is 4.80. The summed E-state index contributed by atoms with van der Waals surface area (Å²) in [6, 6.07) is 8.62. The topological polar surface area (TPSA) is 46.5 Å². The minimum atomic E-state index is -0.401. The van der Waals surface area contributed by atoms with Crippen molar-refractivity contribution in [3.8, 4) is 11.4 Å². The predicted molar refractivity (Wildman–Crippen MR) is 85.7 cm³/mol. The summed E-state index contributed by atoms with van der Waals surface area (Å²) in [5, 5.41) is 6.66. The van der Waals surface area contributed by atoms with Crippen LogP contribution >= 0.6 is 22.9 Å². The highest BCUT2D eigenvalue weighted by molar-refractivity contribution is 7.09. The lowest BCUT2D eigenvalue weighted by atomic mass is 10.2. The summed E-state index contributed by atoms with van der Waals surface area (Å²) in [5.74, 6) is 0.0112. The molecule has 0 unspecified atom stereocenters. The number of halogens is 2. The summed E-state index contributed by atoms with van der Waals surface area (Å²) >= 11 is 7.75. The highest BCUT2D eigenvalue weighted by Crippen LogP contribution is 2.30. The summed E-state index contributed by atoms with van der Waals surface area (Å²) < 4.78 is 15.8. The molecule has 0 saturated heterocycles. The molecule has 110 valence electrons. The van der Waals surface area contributed by atoms with Gasteiger partial charge in [-0.1, -0.05) is 23.7 Å². The first-order valence-electron chi connectivity index (χ1n) is 6.60. The van der Waals surface area contributed by atoms with E-state index in [1.807, 2.05) is 17.5 Å². The van der Waals surface area contributed by atoms with Gasteiger partial charge in [0.1, 0.15) is 17.2 Å². The monoisotopic (exact) mass is 332 g/mol. The van der Waals surface area contributed by atoms with Crippen LogP contribution in [0.15, 0.2) is 41.9 Å². The SMILES string of the molecule is Fc1cccc(Cl)c1-c1nc2c(cnn2Cc2cccs2)[nH]1. The van der Waals surface area contributed by atoms with Gasteiger partial charge in [0, 0.05) is 4.88 Å². The molecule has 3 heterocycles. The third kappa shape index (κ3) is 2.20. The molecule has 0 aliphatic rings. The number of aromatic amines is 1. The predicted octanol–water partition coefficient (Wildman–Crippen LogP) is 4.33. The molecule has 22 heavy (non-hydrogen) atoms. The first kappa shape index (κ1) is 13.5. The summed E-state index contributed by atoms with van der Waals surface area (Å²) in [7, 11) is 0. The van der Waals surface area contributed by atoms with Gasteiger partial charge in [-0.15, -0.1) is 11.3 Å². The number of imidazole rings is 1. The Morgan fingerprint density at radius 2 is 2.18 bits per heavy atom. The molecule has 0 atom stereocenters. The molecule has 1 N–H and O–H groups in total. The van der Waals surface area contributed by atoms with Crippen LogP contribution in [0.1, 0.15) is 4.88 Å². The smallest absolute Gasteiger partial charge is 0.177 e. The number of hydrogen-bond acceptors (Lipinski definition) is 3. The Balaban J connectivity index is 1.80. The largest absolute Gasteiger partial charge is 0.335 e. The fourth-order valence-corrected chi connectivity index (χ4v) is 3.29. The van der Waals surface area contributed by atoms with Crippen LogP contribution in [0.3, 0.4) is 0 Å².